The molecule has 2 aliphatic carbocycles. The Morgan fingerprint density at radius 1 is 0.500 bits per heavy atom. The number of phenols is 2. The van der Waals surface area contributed by atoms with Crippen molar-refractivity contribution >= 4 is 12.4 Å². The maximum absolute atomic E-state index is 11.9. The quantitative estimate of drug-likeness (QED) is 0.147. The fourth-order valence-electron chi connectivity index (χ4n) is 9.06. The summed E-state index contributed by atoms with van der Waals surface area (Å²) in [5.74, 6) is 0.922. The topological polar surface area (TPSA) is 65.2 Å². The predicted molar refractivity (Wildman–Crippen MR) is 222 cm³/mol. The number of hydrogen-bond acceptors (Lipinski definition) is 4. The summed E-state index contributed by atoms with van der Waals surface area (Å²) in [6.45, 7) is 8.48. The first kappa shape index (κ1) is 35.3. The zero-order valence-corrected chi connectivity index (χ0v) is 31.6. The van der Waals surface area contributed by atoms with Crippen LogP contribution in [0.15, 0.2) is 131 Å². The van der Waals surface area contributed by atoms with Gasteiger partial charge in [0.2, 0.25) is 0 Å². The van der Waals surface area contributed by atoms with Crippen LogP contribution in [0.2, 0.25) is 0 Å². The molecule has 0 heterocycles. The lowest BCUT2D eigenvalue weighted by Crippen LogP contribution is -2.11. The van der Waals surface area contributed by atoms with Crippen LogP contribution < -0.4 is 0 Å². The van der Waals surface area contributed by atoms with E-state index in [0.29, 0.717) is 22.6 Å². The fourth-order valence-corrected chi connectivity index (χ4v) is 9.06. The lowest BCUT2D eigenvalue weighted by Gasteiger charge is -2.24. The normalized spacial score (nSPS) is 17.6. The van der Waals surface area contributed by atoms with Crippen LogP contribution in [0, 0.1) is 27.7 Å². The number of benzene rings is 6. The van der Waals surface area contributed by atoms with Gasteiger partial charge in [-0.2, -0.15) is 0 Å². The average Bonchev–Trinajstić information content (AvgIpc) is 3.80. The Bertz CT molecular complexity index is 2170. The smallest absolute Gasteiger partial charge is 0.128 e. The lowest BCUT2D eigenvalue weighted by molar-refractivity contribution is 0.464. The van der Waals surface area contributed by atoms with E-state index in [1.165, 1.54) is 22.3 Å². The molecule has 0 spiro atoms. The molecule has 0 aromatic heterocycles. The summed E-state index contributed by atoms with van der Waals surface area (Å²) < 4.78 is 0. The highest BCUT2D eigenvalue weighted by molar-refractivity contribution is 5.86. The monoisotopic (exact) mass is 708 g/mol. The summed E-state index contributed by atoms with van der Waals surface area (Å²) in [6, 6.07) is 41.7. The van der Waals surface area contributed by atoms with E-state index >= 15 is 0 Å². The van der Waals surface area contributed by atoms with E-state index in [9.17, 15) is 10.2 Å². The van der Waals surface area contributed by atoms with E-state index in [0.717, 1.165) is 70.2 Å². The average molecular weight is 709 g/mol. The van der Waals surface area contributed by atoms with Gasteiger partial charge in [0, 0.05) is 46.5 Å². The van der Waals surface area contributed by atoms with E-state index in [1.54, 1.807) is 0 Å². The van der Waals surface area contributed by atoms with Crippen molar-refractivity contribution in [2.24, 2.45) is 9.98 Å². The Hall–Kier alpha value is -5.74. The van der Waals surface area contributed by atoms with Gasteiger partial charge in [-0.15, -0.1) is 0 Å². The van der Waals surface area contributed by atoms with Crippen molar-refractivity contribution in [1.29, 1.82) is 0 Å². The van der Waals surface area contributed by atoms with E-state index in [2.05, 4.69) is 125 Å². The first-order chi connectivity index (χ1) is 26.2. The Labute approximate surface area is 319 Å². The number of aryl methyl sites for hydroxylation is 6. The number of rotatable bonds is 9. The predicted octanol–water partition coefficient (Wildman–Crippen LogP) is 11.5. The van der Waals surface area contributed by atoms with Crippen LogP contribution in [0.1, 0.15) is 115 Å². The molecule has 0 bridgehead atoms. The molecule has 270 valence electrons. The first-order valence-electron chi connectivity index (χ1n) is 19.3. The van der Waals surface area contributed by atoms with Crippen molar-refractivity contribution in [3.05, 3.63) is 199 Å². The highest BCUT2D eigenvalue weighted by Crippen LogP contribution is 2.46. The van der Waals surface area contributed by atoms with Crippen molar-refractivity contribution in [1.82, 2.24) is 0 Å². The second-order valence-electron chi connectivity index (χ2n) is 15.4. The minimum Gasteiger partial charge on any atom is -0.507 e. The molecule has 2 N–H and O–H groups in total. The van der Waals surface area contributed by atoms with Gasteiger partial charge in [-0.3, -0.25) is 9.98 Å². The number of phenolic OH excluding ortho intramolecular Hbond substituents is 2. The van der Waals surface area contributed by atoms with E-state index < -0.39 is 12.1 Å². The molecule has 0 aliphatic heterocycles. The zero-order valence-electron chi connectivity index (χ0n) is 31.6. The first-order valence-corrected chi connectivity index (χ1v) is 19.3. The molecule has 54 heavy (non-hydrogen) atoms. The number of hydrogen-bond donors (Lipinski definition) is 2. The third kappa shape index (κ3) is 7.01. The maximum atomic E-state index is 11.9. The molecule has 4 heteroatoms. The highest BCUT2D eigenvalue weighted by atomic mass is 16.3. The molecule has 0 fully saturated rings. The van der Waals surface area contributed by atoms with Crippen LogP contribution in [-0.4, -0.2) is 22.6 Å². The molecule has 2 aliphatic rings. The molecule has 6 aromatic rings. The number of aliphatic imine (C=N–C) groups is 2. The Balaban J connectivity index is 1.24. The zero-order chi connectivity index (χ0) is 37.3. The van der Waals surface area contributed by atoms with Crippen molar-refractivity contribution in [2.45, 2.75) is 77.3 Å². The fraction of sp³-hybridized carbons (Fsp3) is 0.240. The standard InChI is InChI=1S/C50H48N2O2/c1-31-23-32(2)26-41(25-31)47(51-29-39-17-15-37-19-21-43(45(37)49(39)53)35-11-7-5-8-12-35)48(42-27-33(3)24-34(4)28-42)52-30-40-18-16-38-20-22-44(46(38)50(40)54)36-13-9-6-10-14-36/h5-18,23-30,43-44,47-48,53-54H,19-22H2,1-4H3/b51-29+,52-30+/t43-,44-,47-,48-/m0/s1. The van der Waals surface area contributed by atoms with Crippen LogP contribution in [0.25, 0.3) is 0 Å². The van der Waals surface area contributed by atoms with Crippen LogP contribution >= 0.6 is 0 Å². The summed E-state index contributed by atoms with van der Waals surface area (Å²) in [6.07, 6.45) is 7.53. The van der Waals surface area contributed by atoms with Crippen LogP contribution in [0.3, 0.4) is 0 Å². The van der Waals surface area contributed by atoms with Gasteiger partial charge in [0.1, 0.15) is 23.6 Å². The van der Waals surface area contributed by atoms with Crippen molar-refractivity contribution < 1.29 is 10.2 Å². The molecule has 0 saturated heterocycles. The third-order valence-corrected chi connectivity index (χ3v) is 11.4. The number of fused-ring (bicyclic) bond motifs is 2. The van der Waals surface area contributed by atoms with Crippen molar-refractivity contribution in [3.63, 3.8) is 0 Å². The maximum Gasteiger partial charge on any atom is 0.128 e. The highest BCUT2D eigenvalue weighted by Gasteiger charge is 2.31. The molecule has 6 aromatic carbocycles. The van der Waals surface area contributed by atoms with Gasteiger partial charge < -0.3 is 10.2 Å². The SMILES string of the molecule is Cc1cc(C)cc([C@H](/N=C/c2ccc3c(c2O)[C@H](c2ccccc2)CC3)[C@@H](/N=C/c2ccc3c(c2O)[C@H](c2ccccc2)CC3)c2cc(C)cc(C)c2)c1. The summed E-state index contributed by atoms with van der Waals surface area (Å²) in [7, 11) is 0. The Morgan fingerprint density at radius 2 is 0.870 bits per heavy atom. The van der Waals surface area contributed by atoms with E-state index in [4.69, 9.17) is 9.98 Å². The molecular formula is C50H48N2O2. The van der Waals surface area contributed by atoms with Gasteiger partial charge in [0.15, 0.2) is 0 Å². The molecule has 0 radical (unpaired) electrons. The molecule has 0 amide bonds. The second kappa shape index (κ2) is 14.9. The van der Waals surface area contributed by atoms with Gasteiger partial charge in [-0.25, -0.2) is 0 Å². The van der Waals surface area contributed by atoms with Gasteiger partial charge in [-0.05, 0) is 98.9 Å². The molecule has 4 nitrogen and oxygen atoms in total. The second-order valence-corrected chi connectivity index (χ2v) is 15.4. The number of aromatic hydroxyl groups is 2. The van der Waals surface area contributed by atoms with E-state index in [-0.39, 0.29) is 11.8 Å². The van der Waals surface area contributed by atoms with Crippen molar-refractivity contribution in [2.75, 3.05) is 0 Å². The summed E-state index contributed by atoms with van der Waals surface area (Å²) >= 11 is 0. The minimum absolute atomic E-state index is 0.152. The van der Waals surface area contributed by atoms with Gasteiger partial charge >= 0.3 is 0 Å². The van der Waals surface area contributed by atoms with Gasteiger partial charge in [0.25, 0.3) is 0 Å². The van der Waals surface area contributed by atoms with Crippen molar-refractivity contribution in [3.8, 4) is 11.5 Å². The molecule has 8 rings (SSSR count). The summed E-state index contributed by atoms with van der Waals surface area (Å²) in [5.41, 5.74) is 15.0. The van der Waals surface area contributed by atoms with Crippen LogP contribution in [-0.2, 0) is 12.8 Å². The Morgan fingerprint density at radius 3 is 1.24 bits per heavy atom. The number of nitrogens with zero attached hydrogens (tertiary/aromatic N) is 2. The van der Waals surface area contributed by atoms with Crippen LogP contribution in [0.4, 0.5) is 0 Å². The largest absolute Gasteiger partial charge is 0.507 e. The molecule has 4 atom stereocenters. The molecular weight excluding hydrogens is 661 g/mol. The lowest BCUT2D eigenvalue weighted by atomic mass is 9.90. The third-order valence-electron chi connectivity index (χ3n) is 11.4. The summed E-state index contributed by atoms with van der Waals surface area (Å²) in [5, 5.41) is 23.7. The van der Waals surface area contributed by atoms with Crippen LogP contribution in [0.5, 0.6) is 11.5 Å². The van der Waals surface area contributed by atoms with E-state index in [1.807, 2.05) is 36.7 Å². The summed E-state index contributed by atoms with van der Waals surface area (Å²) in [4.78, 5) is 10.7. The minimum atomic E-state index is -0.410. The van der Waals surface area contributed by atoms with Gasteiger partial charge in [0.05, 0.1) is 0 Å². The molecule has 0 unspecified atom stereocenters. The Kier molecular flexibility index (Phi) is 9.77. The van der Waals surface area contributed by atoms with Gasteiger partial charge in [-0.1, -0.05) is 131 Å². The molecule has 0 saturated carbocycles.